The highest BCUT2D eigenvalue weighted by molar-refractivity contribution is 7.15. The molecule has 0 aromatic carbocycles. The summed E-state index contributed by atoms with van der Waals surface area (Å²) in [5, 5.41) is 13.9. The Bertz CT molecular complexity index is 427. The lowest BCUT2D eigenvalue weighted by Crippen LogP contribution is -2.27. The minimum absolute atomic E-state index is 0.584. The molecule has 14 heavy (non-hydrogen) atoms. The molecule has 0 bridgehead atoms. The number of rotatable bonds is 1. The molecule has 0 unspecified atom stereocenters. The average Bonchev–Trinajstić information content (AvgIpc) is 2.79. The molecule has 2 aromatic heterocycles. The predicted octanol–water partition coefficient (Wildman–Crippen LogP) is 1.26. The maximum Gasteiger partial charge on any atom is 0.216 e. The van der Waals surface area contributed by atoms with Crippen molar-refractivity contribution in [1.29, 1.82) is 0 Å². The molecule has 1 aliphatic rings. The van der Waals surface area contributed by atoms with E-state index in [0.717, 1.165) is 23.9 Å². The fourth-order valence-corrected chi connectivity index (χ4v) is 2.68. The van der Waals surface area contributed by atoms with Crippen LogP contribution in [0, 0.1) is 0 Å². The summed E-state index contributed by atoms with van der Waals surface area (Å²) in [6.07, 6.45) is 4.42. The lowest BCUT2D eigenvalue weighted by Gasteiger charge is -2.20. The highest BCUT2D eigenvalue weighted by Crippen LogP contribution is 2.25. The zero-order chi connectivity index (χ0) is 9.38. The number of fused-ring (bicyclic) bond motifs is 1. The van der Waals surface area contributed by atoms with Crippen LogP contribution in [0.15, 0.2) is 11.6 Å². The molecule has 2 aromatic rings. The van der Waals surface area contributed by atoms with Gasteiger partial charge in [-0.25, -0.2) is 0 Å². The van der Waals surface area contributed by atoms with E-state index in [1.54, 1.807) is 11.3 Å². The van der Waals surface area contributed by atoms with Crippen LogP contribution in [0.3, 0.4) is 0 Å². The van der Waals surface area contributed by atoms with Crippen molar-refractivity contribution in [1.82, 2.24) is 19.9 Å². The molecule has 3 rings (SSSR count). The fourth-order valence-electron chi connectivity index (χ4n) is 2.02. The van der Waals surface area contributed by atoms with Gasteiger partial charge in [0.05, 0.1) is 0 Å². The van der Waals surface area contributed by atoms with E-state index in [1.165, 1.54) is 12.8 Å². The average molecular weight is 208 g/mol. The maximum absolute atomic E-state index is 4.27. The molecule has 0 radical (unpaired) electrons. The van der Waals surface area contributed by atoms with Gasteiger partial charge < -0.3 is 5.32 Å². The summed E-state index contributed by atoms with van der Waals surface area (Å²) in [6.45, 7) is 2.20. The number of nitrogens with one attached hydrogen (secondary N) is 1. The molecule has 1 fully saturated rings. The summed E-state index contributed by atoms with van der Waals surface area (Å²) >= 11 is 1.65. The van der Waals surface area contributed by atoms with Crippen molar-refractivity contribution in [2.75, 3.05) is 13.1 Å². The van der Waals surface area contributed by atoms with Crippen LogP contribution in [0.2, 0.25) is 0 Å². The Morgan fingerprint density at radius 3 is 3.07 bits per heavy atom. The highest BCUT2D eigenvalue weighted by atomic mass is 32.1. The van der Waals surface area contributed by atoms with E-state index < -0.39 is 0 Å². The first-order valence-corrected chi connectivity index (χ1v) is 5.82. The first-order chi connectivity index (χ1) is 6.95. The van der Waals surface area contributed by atoms with Crippen molar-refractivity contribution in [3.63, 3.8) is 0 Å². The molecule has 3 heterocycles. The van der Waals surface area contributed by atoms with Gasteiger partial charge in [-0.2, -0.15) is 0 Å². The normalized spacial score (nSPS) is 19.1. The molecule has 0 saturated carbocycles. The topological polar surface area (TPSA) is 42.2 Å². The number of piperidine rings is 1. The largest absolute Gasteiger partial charge is 0.317 e. The first-order valence-electron chi connectivity index (χ1n) is 4.94. The molecule has 4 nitrogen and oxygen atoms in total. The van der Waals surface area contributed by atoms with Crippen LogP contribution >= 0.6 is 11.3 Å². The summed E-state index contributed by atoms with van der Waals surface area (Å²) in [5.41, 5.74) is 0. The van der Waals surface area contributed by atoms with Gasteiger partial charge in [-0.1, -0.05) is 0 Å². The molecule has 0 atom stereocenters. The second-order valence-electron chi connectivity index (χ2n) is 3.64. The van der Waals surface area contributed by atoms with E-state index in [0.29, 0.717) is 5.92 Å². The molecular weight excluding hydrogens is 196 g/mol. The summed E-state index contributed by atoms with van der Waals surface area (Å²) < 4.78 is 2.13. The van der Waals surface area contributed by atoms with E-state index in [1.807, 2.05) is 0 Å². The van der Waals surface area contributed by atoms with E-state index in [2.05, 4.69) is 31.5 Å². The standard InChI is InChI=1S/C9H12N4S/c1-3-10-4-2-7(1)8-11-12-9-13(8)5-6-14-9/h5-7,10H,1-4H2. The lowest BCUT2D eigenvalue weighted by molar-refractivity contribution is 0.443. The number of aromatic nitrogens is 3. The van der Waals surface area contributed by atoms with Crippen molar-refractivity contribution in [2.45, 2.75) is 18.8 Å². The molecule has 74 valence electrons. The van der Waals surface area contributed by atoms with E-state index in [4.69, 9.17) is 0 Å². The number of nitrogens with zero attached hydrogens (tertiary/aromatic N) is 3. The van der Waals surface area contributed by atoms with Crippen molar-refractivity contribution < 1.29 is 0 Å². The summed E-state index contributed by atoms with van der Waals surface area (Å²) in [5.74, 6) is 1.73. The van der Waals surface area contributed by atoms with Crippen LogP contribution in [0.5, 0.6) is 0 Å². The molecule has 0 aliphatic carbocycles. The Hall–Kier alpha value is -0.940. The Balaban J connectivity index is 1.99. The van der Waals surface area contributed by atoms with Crippen LogP contribution in [-0.4, -0.2) is 27.7 Å². The molecule has 1 saturated heterocycles. The van der Waals surface area contributed by atoms with Gasteiger partial charge in [-0.3, -0.25) is 4.40 Å². The summed E-state index contributed by atoms with van der Waals surface area (Å²) in [6, 6.07) is 0. The summed E-state index contributed by atoms with van der Waals surface area (Å²) in [7, 11) is 0. The minimum atomic E-state index is 0.584. The van der Waals surface area contributed by atoms with Gasteiger partial charge >= 0.3 is 0 Å². The van der Waals surface area contributed by atoms with Gasteiger partial charge in [0.15, 0.2) is 0 Å². The third kappa shape index (κ3) is 1.24. The van der Waals surface area contributed by atoms with Crippen molar-refractivity contribution in [2.24, 2.45) is 0 Å². The molecular formula is C9H12N4S. The molecule has 0 amide bonds. The van der Waals surface area contributed by atoms with Gasteiger partial charge in [0.25, 0.3) is 0 Å². The van der Waals surface area contributed by atoms with Crippen LogP contribution in [0.1, 0.15) is 24.6 Å². The fraction of sp³-hybridized carbons (Fsp3) is 0.556. The van der Waals surface area contributed by atoms with E-state index in [-0.39, 0.29) is 0 Å². The SMILES string of the molecule is c1cn2c(C3CCNCC3)nnc2s1. The quantitative estimate of drug-likeness (QED) is 0.767. The Morgan fingerprint density at radius 1 is 1.36 bits per heavy atom. The number of thiazole rings is 1. The van der Waals surface area contributed by atoms with Crippen molar-refractivity contribution in [3.05, 3.63) is 17.4 Å². The summed E-state index contributed by atoms with van der Waals surface area (Å²) in [4.78, 5) is 1.01. The second kappa shape index (κ2) is 3.33. The van der Waals surface area contributed by atoms with Crippen molar-refractivity contribution in [3.8, 4) is 0 Å². The van der Waals surface area contributed by atoms with Crippen LogP contribution < -0.4 is 5.32 Å². The van der Waals surface area contributed by atoms with Crippen LogP contribution in [0.4, 0.5) is 0 Å². The zero-order valence-corrected chi connectivity index (χ0v) is 8.63. The van der Waals surface area contributed by atoms with Crippen molar-refractivity contribution >= 4 is 16.3 Å². The van der Waals surface area contributed by atoms with Gasteiger partial charge in [-0.05, 0) is 25.9 Å². The minimum Gasteiger partial charge on any atom is -0.317 e. The van der Waals surface area contributed by atoms with Crippen LogP contribution in [-0.2, 0) is 0 Å². The predicted molar refractivity (Wildman–Crippen MR) is 55.7 cm³/mol. The number of hydrogen-bond acceptors (Lipinski definition) is 4. The smallest absolute Gasteiger partial charge is 0.216 e. The van der Waals surface area contributed by atoms with Gasteiger partial charge in [0.1, 0.15) is 5.82 Å². The molecule has 0 spiro atoms. The first kappa shape index (κ1) is 8.38. The third-order valence-corrected chi connectivity index (χ3v) is 3.53. The number of hydrogen-bond donors (Lipinski definition) is 1. The Labute approximate surface area is 86.0 Å². The second-order valence-corrected chi connectivity index (χ2v) is 4.51. The van der Waals surface area contributed by atoms with Crippen LogP contribution in [0.25, 0.3) is 4.96 Å². The van der Waals surface area contributed by atoms with Gasteiger partial charge in [-0.15, -0.1) is 21.5 Å². The maximum atomic E-state index is 4.27. The monoisotopic (exact) mass is 208 g/mol. The van der Waals surface area contributed by atoms with Gasteiger partial charge in [0.2, 0.25) is 4.96 Å². The van der Waals surface area contributed by atoms with E-state index >= 15 is 0 Å². The lowest BCUT2D eigenvalue weighted by atomic mass is 9.97. The Morgan fingerprint density at radius 2 is 2.21 bits per heavy atom. The Kier molecular flexibility index (Phi) is 1.99. The van der Waals surface area contributed by atoms with E-state index in [9.17, 15) is 0 Å². The zero-order valence-electron chi connectivity index (χ0n) is 7.81. The third-order valence-electron chi connectivity index (χ3n) is 2.78. The molecule has 1 aliphatic heterocycles. The highest BCUT2D eigenvalue weighted by Gasteiger charge is 2.20. The van der Waals surface area contributed by atoms with Gasteiger partial charge in [0, 0.05) is 17.5 Å². The molecule has 5 heteroatoms. The molecule has 1 N–H and O–H groups in total.